The fourth-order valence-corrected chi connectivity index (χ4v) is 1.66. The lowest BCUT2D eigenvalue weighted by Gasteiger charge is -2.11. The number of carbonyl (C=O) groups excluding carboxylic acids is 1. The van der Waals surface area contributed by atoms with Crippen molar-refractivity contribution in [2.45, 2.75) is 13.1 Å². The van der Waals surface area contributed by atoms with Crippen LogP contribution in [0, 0.1) is 0 Å². The summed E-state index contributed by atoms with van der Waals surface area (Å²) in [5.41, 5.74) is -1.46. The monoisotopic (exact) mass is 273 g/mol. The molecule has 0 aliphatic heterocycles. The largest absolute Gasteiger partial charge is 0.462 e. The van der Waals surface area contributed by atoms with Gasteiger partial charge < -0.3 is 4.74 Å². The van der Waals surface area contributed by atoms with E-state index in [-0.39, 0.29) is 12.1 Å². The van der Waals surface area contributed by atoms with E-state index in [4.69, 9.17) is 0 Å². The molecule has 0 atom stereocenters. The molecule has 2 heterocycles. The smallest absolute Gasteiger partial charge is 0.434 e. The molecule has 0 bridgehead atoms. The molecule has 0 fully saturated rings. The maximum atomic E-state index is 12.9. The molecule has 0 aliphatic carbocycles. The number of pyridine rings is 1. The molecule has 102 valence electrons. The Morgan fingerprint density at radius 3 is 2.74 bits per heavy atom. The van der Waals surface area contributed by atoms with E-state index >= 15 is 0 Å². The first-order valence-corrected chi connectivity index (χ1v) is 5.41. The third-order valence-corrected chi connectivity index (χ3v) is 2.50. The van der Waals surface area contributed by atoms with E-state index < -0.39 is 23.4 Å². The lowest BCUT2D eigenvalue weighted by molar-refractivity contribution is -0.141. The van der Waals surface area contributed by atoms with Gasteiger partial charge in [0.1, 0.15) is 5.52 Å². The average molecular weight is 273 g/mol. The van der Waals surface area contributed by atoms with Gasteiger partial charge in [-0.25, -0.2) is 9.78 Å². The van der Waals surface area contributed by atoms with E-state index in [9.17, 15) is 18.0 Å². The summed E-state index contributed by atoms with van der Waals surface area (Å²) < 4.78 is 44.6. The summed E-state index contributed by atoms with van der Waals surface area (Å²) in [5, 5.41) is 3.80. The predicted molar refractivity (Wildman–Crippen MR) is 59.5 cm³/mol. The van der Waals surface area contributed by atoms with Gasteiger partial charge in [0, 0.05) is 7.05 Å². The molecule has 0 saturated heterocycles. The summed E-state index contributed by atoms with van der Waals surface area (Å²) in [6.07, 6.45) is -3.52. The molecule has 0 spiro atoms. The number of rotatable bonds is 2. The van der Waals surface area contributed by atoms with Gasteiger partial charge in [-0.15, -0.1) is 0 Å². The molecule has 2 aromatic rings. The van der Waals surface area contributed by atoms with Crippen molar-refractivity contribution in [1.29, 1.82) is 0 Å². The highest BCUT2D eigenvalue weighted by Gasteiger charge is 2.38. The molecule has 0 radical (unpaired) electrons. The van der Waals surface area contributed by atoms with Crippen LogP contribution in [0.15, 0.2) is 12.3 Å². The van der Waals surface area contributed by atoms with Gasteiger partial charge in [-0.1, -0.05) is 0 Å². The summed E-state index contributed by atoms with van der Waals surface area (Å²) in [7, 11) is 1.55. The van der Waals surface area contributed by atoms with E-state index in [2.05, 4.69) is 14.8 Å². The van der Waals surface area contributed by atoms with Gasteiger partial charge >= 0.3 is 12.1 Å². The van der Waals surface area contributed by atoms with Crippen molar-refractivity contribution >= 4 is 17.0 Å². The molecule has 2 rings (SSSR count). The van der Waals surface area contributed by atoms with Crippen LogP contribution in [0.3, 0.4) is 0 Å². The van der Waals surface area contributed by atoms with Crippen molar-refractivity contribution in [2.75, 3.05) is 6.61 Å². The van der Waals surface area contributed by atoms with E-state index in [1.54, 1.807) is 7.05 Å². The number of esters is 1. The zero-order chi connectivity index (χ0) is 14.2. The molecule has 8 heteroatoms. The highest BCUT2D eigenvalue weighted by Crippen LogP contribution is 2.32. The van der Waals surface area contributed by atoms with Crippen LogP contribution in [-0.2, 0) is 18.0 Å². The van der Waals surface area contributed by atoms with Crippen LogP contribution >= 0.6 is 0 Å². The Bertz CT molecular complexity index is 634. The van der Waals surface area contributed by atoms with Gasteiger partial charge in [0.05, 0.1) is 23.9 Å². The number of halogens is 3. The van der Waals surface area contributed by atoms with Gasteiger partial charge in [-0.2, -0.15) is 18.3 Å². The third kappa shape index (κ3) is 2.38. The molecular weight excluding hydrogens is 263 g/mol. The van der Waals surface area contributed by atoms with E-state index in [1.807, 2.05) is 0 Å². The number of fused-ring (bicyclic) bond motifs is 1. The number of alkyl halides is 3. The van der Waals surface area contributed by atoms with E-state index in [0.29, 0.717) is 5.52 Å². The molecule has 0 aromatic carbocycles. The zero-order valence-electron chi connectivity index (χ0n) is 10.2. The SMILES string of the molecule is CCOC(=O)c1cc2c(cnn2C)nc1C(F)(F)F. The van der Waals surface area contributed by atoms with Crippen LogP contribution in [0.2, 0.25) is 0 Å². The van der Waals surface area contributed by atoms with Crippen LogP contribution in [0.5, 0.6) is 0 Å². The average Bonchev–Trinajstić information content (AvgIpc) is 2.68. The third-order valence-electron chi connectivity index (χ3n) is 2.50. The Hall–Kier alpha value is -2.12. The summed E-state index contributed by atoms with van der Waals surface area (Å²) >= 11 is 0. The maximum Gasteiger partial charge on any atom is 0.434 e. The number of carbonyl (C=O) groups is 1. The Labute approximate surface area is 106 Å². The van der Waals surface area contributed by atoms with Crippen molar-refractivity contribution in [1.82, 2.24) is 14.8 Å². The zero-order valence-corrected chi connectivity index (χ0v) is 10.2. The summed E-state index contributed by atoms with van der Waals surface area (Å²) in [6.45, 7) is 1.50. The second kappa shape index (κ2) is 4.52. The van der Waals surface area contributed by atoms with Crippen molar-refractivity contribution in [3.63, 3.8) is 0 Å². The minimum absolute atomic E-state index is 0.0143. The summed E-state index contributed by atoms with van der Waals surface area (Å²) in [6, 6.07) is 1.09. The Morgan fingerprint density at radius 1 is 1.47 bits per heavy atom. The van der Waals surface area contributed by atoms with Gasteiger partial charge in [0.2, 0.25) is 0 Å². The fraction of sp³-hybridized carbons (Fsp3) is 0.364. The lowest BCUT2D eigenvalue weighted by atomic mass is 10.1. The number of hydrogen-bond acceptors (Lipinski definition) is 4. The molecule has 2 aromatic heterocycles. The van der Waals surface area contributed by atoms with E-state index in [0.717, 1.165) is 6.07 Å². The lowest BCUT2D eigenvalue weighted by Crippen LogP contribution is -2.17. The molecule has 0 aliphatic rings. The maximum absolute atomic E-state index is 12.9. The second-order valence-corrected chi connectivity index (χ2v) is 3.78. The Balaban J connectivity index is 2.69. The van der Waals surface area contributed by atoms with Gasteiger partial charge in [-0.3, -0.25) is 4.68 Å². The van der Waals surface area contributed by atoms with Crippen LogP contribution < -0.4 is 0 Å². The molecule has 5 nitrogen and oxygen atoms in total. The topological polar surface area (TPSA) is 57.0 Å². The van der Waals surface area contributed by atoms with Gasteiger partial charge in [0.25, 0.3) is 0 Å². The molecule has 19 heavy (non-hydrogen) atoms. The van der Waals surface area contributed by atoms with Gasteiger partial charge in [-0.05, 0) is 13.0 Å². The molecular formula is C11H10F3N3O2. The standard InChI is InChI=1S/C11H10F3N3O2/c1-3-19-10(18)6-4-8-7(5-15-17(8)2)16-9(6)11(12,13)14/h4-5H,3H2,1-2H3. The molecule has 0 unspecified atom stereocenters. The van der Waals surface area contributed by atoms with Crippen molar-refractivity contribution in [2.24, 2.45) is 7.05 Å². The molecule has 0 saturated carbocycles. The molecule has 0 amide bonds. The summed E-state index contributed by atoms with van der Waals surface area (Å²) in [4.78, 5) is 15.1. The Kier molecular flexibility index (Phi) is 3.17. The number of aromatic nitrogens is 3. The van der Waals surface area contributed by atoms with Crippen LogP contribution in [0.4, 0.5) is 13.2 Å². The van der Waals surface area contributed by atoms with E-state index in [1.165, 1.54) is 17.8 Å². The highest BCUT2D eigenvalue weighted by molar-refractivity contribution is 5.94. The first-order chi connectivity index (χ1) is 8.84. The molecule has 0 N–H and O–H groups in total. The van der Waals surface area contributed by atoms with Crippen LogP contribution in [0.25, 0.3) is 11.0 Å². The summed E-state index contributed by atoms with van der Waals surface area (Å²) in [5.74, 6) is -1.05. The van der Waals surface area contributed by atoms with Crippen LogP contribution in [-0.4, -0.2) is 27.3 Å². The second-order valence-electron chi connectivity index (χ2n) is 3.78. The van der Waals surface area contributed by atoms with Gasteiger partial charge in [0.15, 0.2) is 5.69 Å². The van der Waals surface area contributed by atoms with Crippen LogP contribution in [0.1, 0.15) is 23.0 Å². The normalized spacial score (nSPS) is 11.8. The van der Waals surface area contributed by atoms with Crippen molar-refractivity contribution in [3.05, 3.63) is 23.5 Å². The van der Waals surface area contributed by atoms with Crippen molar-refractivity contribution in [3.8, 4) is 0 Å². The number of hydrogen-bond donors (Lipinski definition) is 0. The van der Waals surface area contributed by atoms with Crippen molar-refractivity contribution < 1.29 is 22.7 Å². The predicted octanol–water partition coefficient (Wildman–Crippen LogP) is 2.16. The Morgan fingerprint density at radius 2 is 2.16 bits per heavy atom. The number of aryl methyl sites for hydroxylation is 1. The minimum Gasteiger partial charge on any atom is -0.462 e. The highest BCUT2D eigenvalue weighted by atomic mass is 19.4. The minimum atomic E-state index is -4.73. The number of ether oxygens (including phenoxy) is 1. The number of nitrogens with zero attached hydrogens (tertiary/aromatic N) is 3. The first kappa shape index (κ1) is 13.3. The fourth-order valence-electron chi connectivity index (χ4n) is 1.66. The quantitative estimate of drug-likeness (QED) is 0.787. The first-order valence-electron chi connectivity index (χ1n) is 5.41.